The van der Waals surface area contributed by atoms with Crippen molar-refractivity contribution in [1.29, 1.82) is 0 Å². The van der Waals surface area contributed by atoms with Crippen LogP contribution in [0.5, 0.6) is 0 Å². The van der Waals surface area contributed by atoms with E-state index in [4.69, 9.17) is 21.4 Å². The molecule has 8 heteroatoms. The summed E-state index contributed by atoms with van der Waals surface area (Å²) >= 11 is 6.27. The third-order valence-corrected chi connectivity index (χ3v) is 5.09. The van der Waals surface area contributed by atoms with Gasteiger partial charge in [0, 0.05) is 17.8 Å². The molecule has 2 N–H and O–H groups in total. The smallest absolute Gasteiger partial charge is 0.411 e. The Morgan fingerprint density at radius 1 is 1.20 bits per heavy atom. The number of nitrogens with one attached hydrogen (secondary N) is 1. The molecule has 160 valence electrons. The summed E-state index contributed by atoms with van der Waals surface area (Å²) < 4.78 is 19.7. The van der Waals surface area contributed by atoms with E-state index in [-0.39, 0.29) is 16.8 Å². The third-order valence-electron chi connectivity index (χ3n) is 4.72. The lowest BCUT2D eigenvalue weighted by atomic mass is 10.0. The molecule has 1 amide bonds. The Hall–Kier alpha value is -2.80. The maximum Gasteiger partial charge on any atom is 0.411 e. The highest BCUT2D eigenvalue weighted by atomic mass is 35.5. The maximum atomic E-state index is 14.2. The fourth-order valence-corrected chi connectivity index (χ4v) is 3.64. The van der Waals surface area contributed by atoms with Crippen LogP contribution < -0.4 is 5.32 Å². The number of carbonyl (C=O) groups excluding carboxylic acids is 1. The third kappa shape index (κ3) is 4.84. The summed E-state index contributed by atoms with van der Waals surface area (Å²) in [5.74, 6) is -1.64. The zero-order chi connectivity index (χ0) is 22.1. The number of rotatable bonds is 4. The largest absolute Gasteiger partial charge is 0.478 e. The molecule has 0 bridgehead atoms. The molecule has 1 atom stereocenters. The number of anilines is 1. The molecular formula is C22H24ClFN2O4. The van der Waals surface area contributed by atoms with Crippen LogP contribution in [0.4, 0.5) is 14.9 Å². The van der Waals surface area contributed by atoms with E-state index in [1.165, 1.54) is 18.2 Å². The second kappa shape index (κ2) is 8.52. The van der Waals surface area contributed by atoms with Gasteiger partial charge in [-0.1, -0.05) is 23.7 Å². The first kappa shape index (κ1) is 21.9. The first-order chi connectivity index (χ1) is 14.1. The number of ether oxygens (including phenoxy) is 1. The van der Waals surface area contributed by atoms with Crippen LogP contribution in [-0.4, -0.2) is 40.4 Å². The molecular weight excluding hydrogens is 411 g/mol. The normalized spacial score (nSPS) is 16.4. The van der Waals surface area contributed by atoms with Gasteiger partial charge in [0.2, 0.25) is 0 Å². The topological polar surface area (TPSA) is 78.9 Å². The van der Waals surface area contributed by atoms with Gasteiger partial charge >= 0.3 is 12.1 Å². The summed E-state index contributed by atoms with van der Waals surface area (Å²) in [7, 11) is 0. The van der Waals surface area contributed by atoms with Crippen LogP contribution in [0.3, 0.4) is 0 Å². The van der Waals surface area contributed by atoms with Crippen LogP contribution in [-0.2, 0) is 4.74 Å². The van der Waals surface area contributed by atoms with Gasteiger partial charge in [-0.15, -0.1) is 0 Å². The number of aromatic carboxylic acids is 1. The summed E-state index contributed by atoms with van der Waals surface area (Å²) in [5, 5.41) is 12.3. The van der Waals surface area contributed by atoms with Crippen LogP contribution in [0.15, 0.2) is 36.4 Å². The molecule has 1 aliphatic rings. The highest BCUT2D eigenvalue weighted by Gasteiger charge is 2.32. The standard InChI is InChI=1S/C22H24ClFN2O4/c1-22(2,3)30-21(29)26-12-4-5-17(26)25-16-11-10-15(24)19(23)18(16)13-6-8-14(9-7-13)20(27)28/h6-11,17,25H,4-5,12H2,1-3H3,(H,27,28)/t17-/m0/s1. The van der Waals surface area contributed by atoms with Crippen molar-refractivity contribution in [3.8, 4) is 11.1 Å². The quantitative estimate of drug-likeness (QED) is 0.653. The van der Waals surface area contributed by atoms with E-state index >= 15 is 0 Å². The zero-order valence-corrected chi connectivity index (χ0v) is 17.8. The molecule has 0 spiro atoms. The van der Waals surface area contributed by atoms with Gasteiger partial charge < -0.3 is 15.2 Å². The van der Waals surface area contributed by atoms with E-state index in [0.29, 0.717) is 29.8 Å². The van der Waals surface area contributed by atoms with Crippen molar-refractivity contribution < 1.29 is 23.8 Å². The lowest BCUT2D eigenvalue weighted by Gasteiger charge is -2.30. The number of halogens is 2. The van der Waals surface area contributed by atoms with Gasteiger partial charge in [0.25, 0.3) is 0 Å². The average Bonchev–Trinajstić information content (AvgIpc) is 3.12. The first-order valence-electron chi connectivity index (χ1n) is 9.65. The summed E-state index contributed by atoms with van der Waals surface area (Å²) in [6, 6.07) is 8.85. The molecule has 1 aliphatic heterocycles. The number of amides is 1. The molecule has 0 saturated carbocycles. The predicted octanol–water partition coefficient (Wildman–Crippen LogP) is 5.61. The number of hydrogen-bond acceptors (Lipinski definition) is 4. The molecule has 0 aliphatic carbocycles. The van der Waals surface area contributed by atoms with Crippen molar-refractivity contribution in [2.75, 3.05) is 11.9 Å². The van der Waals surface area contributed by atoms with Crippen molar-refractivity contribution in [3.63, 3.8) is 0 Å². The zero-order valence-electron chi connectivity index (χ0n) is 17.0. The van der Waals surface area contributed by atoms with Gasteiger partial charge in [-0.3, -0.25) is 4.90 Å². The molecule has 3 rings (SSSR count). The maximum absolute atomic E-state index is 14.2. The van der Waals surface area contributed by atoms with Crippen molar-refractivity contribution in [2.24, 2.45) is 0 Å². The summed E-state index contributed by atoms with van der Waals surface area (Å²) in [6.45, 7) is 5.97. The lowest BCUT2D eigenvalue weighted by molar-refractivity contribution is 0.0244. The molecule has 0 unspecified atom stereocenters. The van der Waals surface area contributed by atoms with Crippen molar-refractivity contribution in [1.82, 2.24) is 4.90 Å². The number of carboxylic acids is 1. The fraction of sp³-hybridized carbons (Fsp3) is 0.364. The van der Waals surface area contributed by atoms with Crippen molar-refractivity contribution >= 4 is 29.4 Å². The first-order valence-corrected chi connectivity index (χ1v) is 10.0. The predicted molar refractivity (Wildman–Crippen MR) is 113 cm³/mol. The molecule has 1 fully saturated rings. The van der Waals surface area contributed by atoms with Gasteiger partial charge in [0.15, 0.2) is 0 Å². The van der Waals surface area contributed by atoms with Gasteiger partial charge in [0.05, 0.1) is 10.6 Å². The summed E-state index contributed by atoms with van der Waals surface area (Å²) in [4.78, 5) is 25.3. The monoisotopic (exact) mass is 434 g/mol. The number of likely N-dealkylation sites (tertiary alicyclic amines) is 1. The molecule has 1 saturated heterocycles. The Bertz CT molecular complexity index is 957. The Morgan fingerprint density at radius 3 is 2.47 bits per heavy atom. The van der Waals surface area contributed by atoms with Crippen LogP contribution in [0.25, 0.3) is 11.1 Å². The number of hydrogen-bond donors (Lipinski definition) is 2. The average molecular weight is 435 g/mol. The van der Waals surface area contributed by atoms with E-state index in [0.717, 1.165) is 6.42 Å². The van der Waals surface area contributed by atoms with Crippen molar-refractivity contribution in [2.45, 2.75) is 45.4 Å². The van der Waals surface area contributed by atoms with Gasteiger partial charge in [-0.05, 0) is 63.4 Å². The highest BCUT2D eigenvalue weighted by Crippen LogP contribution is 2.38. The molecule has 2 aromatic rings. The van der Waals surface area contributed by atoms with Crippen LogP contribution in [0, 0.1) is 5.82 Å². The van der Waals surface area contributed by atoms with E-state index in [9.17, 15) is 14.0 Å². The van der Waals surface area contributed by atoms with Crippen LogP contribution in [0.2, 0.25) is 5.02 Å². The Labute approximate surface area is 179 Å². The Balaban J connectivity index is 1.92. The number of carbonyl (C=O) groups is 2. The van der Waals surface area contributed by atoms with E-state index < -0.39 is 23.5 Å². The number of benzene rings is 2. The second-order valence-electron chi connectivity index (χ2n) is 8.14. The lowest BCUT2D eigenvalue weighted by Crippen LogP contribution is -2.43. The molecule has 6 nitrogen and oxygen atoms in total. The van der Waals surface area contributed by atoms with Crippen LogP contribution >= 0.6 is 11.6 Å². The Morgan fingerprint density at radius 2 is 1.87 bits per heavy atom. The number of carboxylic acid groups (broad SMARTS) is 1. The minimum Gasteiger partial charge on any atom is -0.478 e. The highest BCUT2D eigenvalue weighted by molar-refractivity contribution is 6.34. The van der Waals surface area contributed by atoms with Crippen molar-refractivity contribution in [3.05, 3.63) is 52.8 Å². The van der Waals surface area contributed by atoms with Crippen LogP contribution in [0.1, 0.15) is 44.0 Å². The number of nitrogens with zero attached hydrogens (tertiary/aromatic N) is 1. The van der Waals surface area contributed by atoms with Gasteiger partial charge in [0.1, 0.15) is 17.6 Å². The molecule has 1 heterocycles. The second-order valence-corrected chi connectivity index (χ2v) is 8.52. The Kier molecular flexibility index (Phi) is 6.22. The summed E-state index contributed by atoms with van der Waals surface area (Å²) in [5.41, 5.74) is 1.02. The molecule has 2 aromatic carbocycles. The van der Waals surface area contributed by atoms with Gasteiger partial charge in [-0.25, -0.2) is 14.0 Å². The minimum atomic E-state index is -1.05. The fourth-order valence-electron chi connectivity index (χ4n) is 3.37. The van der Waals surface area contributed by atoms with E-state index in [2.05, 4.69) is 5.32 Å². The molecule has 0 radical (unpaired) electrons. The van der Waals surface area contributed by atoms with E-state index in [1.807, 2.05) is 20.8 Å². The molecule has 0 aromatic heterocycles. The summed E-state index contributed by atoms with van der Waals surface area (Å²) in [6.07, 6.45) is 0.747. The SMILES string of the molecule is CC(C)(C)OC(=O)N1CCC[C@H]1Nc1ccc(F)c(Cl)c1-c1ccc(C(=O)O)cc1. The minimum absolute atomic E-state index is 0.0788. The van der Waals surface area contributed by atoms with E-state index in [1.54, 1.807) is 23.1 Å². The van der Waals surface area contributed by atoms with Gasteiger partial charge in [-0.2, -0.15) is 0 Å². The molecule has 30 heavy (non-hydrogen) atoms.